The first kappa shape index (κ1) is 17.7. The van der Waals surface area contributed by atoms with Gasteiger partial charge in [0, 0.05) is 21.5 Å². The number of carbonyl (C=O) groups excluding carboxylic acids is 1. The number of rotatable bonds is 4. The van der Waals surface area contributed by atoms with Gasteiger partial charge in [-0.15, -0.1) is 10.2 Å². The van der Waals surface area contributed by atoms with Crippen LogP contribution in [0.2, 0.25) is 0 Å². The molecule has 0 atom stereocenters. The molecule has 3 aromatic rings. The highest BCUT2D eigenvalue weighted by Crippen LogP contribution is 2.27. The third-order valence-corrected chi connectivity index (χ3v) is 4.93. The van der Waals surface area contributed by atoms with E-state index in [0.717, 1.165) is 21.5 Å². The second kappa shape index (κ2) is 7.01. The molecule has 130 valence electrons. The molecular formula is C16H13BrF2N4OS. The van der Waals surface area contributed by atoms with Gasteiger partial charge in [0.1, 0.15) is 0 Å². The van der Waals surface area contributed by atoms with Crippen LogP contribution in [0.3, 0.4) is 0 Å². The Labute approximate surface area is 154 Å². The summed E-state index contributed by atoms with van der Waals surface area (Å²) < 4.78 is 28.0. The zero-order chi connectivity index (χ0) is 18.1. The number of nitrogens with zero attached hydrogens (tertiary/aromatic N) is 3. The van der Waals surface area contributed by atoms with E-state index in [0.29, 0.717) is 16.9 Å². The van der Waals surface area contributed by atoms with Gasteiger partial charge in [-0.05, 0) is 38.1 Å². The number of hydrogen-bond donors (Lipinski definition) is 1. The Kier molecular flexibility index (Phi) is 4.96. The van der Waals surface area contributed by atoms with E-state index in [9.17, 15) is 13.6 Å². The van der Waals surface area contributed by atoms with Crippen molar-refractivity contribution in [3.63, 3.8) is 0 Å². The second-order valence-electron chi connectivity index (χ2n) is 5.30. The van der Waals surface area contributed by atoms with Gasteiger partial charge in [0.05, 0.1) is 5.56 Å². The lowest BCUT2D eigenvalue weighted by molar-refractivity contribution is 0.102. The maximum absolute atomic E-state index is 12.6. The molecule has 0 bridgehead atoms. The van der Waals surface area contributed by atoms with Gasteiger partial charge in [0.15, 0.2) is 5.01 Å². The van der Waals surface area contributed by atoms with Gasteiger partial charge < -0.3 is 4.57 Å². The van der Waals surface area contributed by atoms with Crippen molar-refractivity contribution in [2.75, 3.05) is 5.32 Å². The van der Waals surface area contributed by atoms with Crippen molar-refractivity contribution in [2.24, 2.45) is 0 Å². The lowest BCUT2D eigenvalue weighted by Gasteiger charge is -2.10. The largest absolute Gasteiger partial charge is 0.318 e. The Balaban J connectivity index is 1.90. The number of aromatic nitrogens is 3. The second-order valence-corrected chi connectivity index (χ2v) is 7.23. The summed E-state index contributed by atoms with van der Waals surface area (Å²) in [4.78, 5) is 12.5. The van der Waals surface area contributed by atoms with Crippen molar-refractivity contribution in [1.29, 1.82) is 0 Å². The van der Waals surface area contributed by atoms with Gasteiger partial charge in [-0.1, -0.05) is 33.3 Å². The quantitative estimate of drug-likeness (QED) is 0.645. The van der Waals surface area contributed by atoms with Crippen LogP contribution in [0.25, 0.3) is 5.69 Å². The minimum Gasteiger partial charge on any atom is -0.318 e. The average Bonchev–Trinajstić information content (AvgIpc) is 3.12. The van der Waals surface area contributed by atoms with Crippen molar-refractivity contribution in [3.8, 4) is 5.69 Å². The summed E-state index contributed by atoms with van der Waals surface area (Å²) in [5.41, 5.74) is 2.99. The number of hydrogen-bond acceptors (Lipinski definition) is 4. The van der Waals surface area contributed by atoms with Crippen molar-refractivity contribution < 1.29 is 13.6 Å². The molecule has 0 fully saturated rings. The van der Waals surface area contributed by atoms with E-state index in [1.807, 2.05) is 42.7 Å². The Morgan fingerprint density at radius 1 is 1.28 bits per heavy atom. The van der Waals surface area contributed by atoms with Gasteiger partial charge in [0.2, 0.25) is 5.13 Å². The van der Waals surface area contributed by atoms with Gasteiger partial charge in [-0.3, -0.25) is 10.1 Å². The highest BCUT2D eigenvalue weighted by molar-refractivity contribution is 9.10. The molecule has 5 nitrogen and oxygen atoms in total. The Morgan fingerprint density at radius 3 is 2.68 bits per heavy atom. The van der Waals surface area contributed by atoms with Crippen LogP contribution in [-0.2, 0) is 0 Å². The fourth-order valence-electron chi connectivity index (χ4n) is 2.54. The first-order valence-corrected chi connectivity index (χ1v) is 8.85. The van der Waals surface area contributed by atoms with E-state index < -0.39 is 17.3 Å². The maximum atomic E-state index is 12.6. The standard InChI is InChI=1S/C16H13BrF2N4OS/c1-8-6-12(9(2)23(8)11-5-3-4-10(17)7-11)14(24)20-16-22-21-15(25-16)13(18)19/h3-7,13H,1-2H3,(H,20,22,24). The molecule has 0 aliphatic heterocycles. The third-order valence-electron chi connectivity index (χ3n) is 3.59. The molecule has 2 heterocycles. The lowest BCUT2D eigenvalue weighted by Crippen LogP contribution is -2.13. The maximum Gasteiger partial charge on any atom is 0.291 e. The fourth-order valence-corrected chi connectivity index (χ4v) is 3.52. The zero-order valence-electron chi connectivity index (χ0n) is 13.3. The number of nitrogens with one attached hydrogen (secondary N) is 1. The number of carbonyl (C=O) groups is 1. The molecule has 1 N–H and O–H groups in total. The normalized spacial score (nSPS) is 11.1. The Morgan fingerprint density at radius 2 is 2.04 bits per heavy atom. The van der Waals surface area contributed by atoms with Crippen LogP contribution in [0, 0.1) is 13.8 Å². The molecule has 0 aliphatic carbocycles. The highest BCUT2D eigenvalue weighted by Gasteiger charge is 2.20. The minimum atomic E-state index is -2.70. The molecule has 1 aromatic carbocycles. The molecule has 3 rings (SSSR count). The Bertz CT molecular complexity index is 938. The van der Waals surface area contributed by atoms with Crippen LogP contribution < -0.4 is 5.32 Å². The number of halogens is 3. The molecule has 1 amide bonds. The molecule has 0 spiro atoms. The van der Waals surface area contributed by atoms with E-state index in [-0.39, 0.29) is 5.13 Å². The number of amides is 1. The summed E-state index contributed by atoms with van der Waals surface area (Å²) in [7, 11) is 0. The molecule has 9 heteroatoms. The zero-order valence-corrected chi connectivity index (χ0v) is 15.7. The summed E-state index contributed by atoms with van der Waals surface area (Å²) in [6.45, 7) is 3.72. The minimum absolute atomic E-state index is 0.0487. The number of aryl methyl sites for hydroxylation is 1. The van der Waals surface area contributed by atoms with E-state index in [1.165, 1.54) is 0 Å². The molecule has 2 aromatic heterocycles. The van der Waals surface area contributed by atoms with E-state index in [4.69, 9.17) is 0 Å². The average molecular weight is 427 g/mol. The van der Waals surface area contributed by atoms with Crippen LogP contribution in [0.4, 0.5) is 13.9 Å². The van der Waals surface area contributed by atoms with Crippen molar-refractivity contribution in [2.45, 2.75) is 20.3 Å². The smallest absolute Gasteiger partial charge is 0.291 e. The molecule has 0 saturated carbocycles. The van der Waals surface area contributed by atoms with E-state index in [2.05, 4.69) is 31.4 Å². The molecule has 25 heavy (non-hydrogen) atoms. The van der Waals surface area contributed by atoms with Crippen molar-refractivity contribution in [1.82, 2.24) is 14.8 Å². The summed E-state index contributed by atoms with van der Waals surface area (Å²) in [6, 6.07) is 9.46. The first-order chi connectivity index (χ1) is 11.9. The van der Waals surface area contributed by atoms with Crippen LogP contribution in [0.5, 0.6) is 0 Å². The summed E-state index contributed by atoms with van der Waals surface area (Å²) >= 11 is 4.10. The number of anilines is 1. The molecule has 0 unspecified atom stereocenters. The fraction of sp³-hybridized carbons (Fsp3) is 0.188. The third kappa shape index (κ3) is 3.62. The molecule has 0 radical (unpaired) electrons. The first-order valence-electron chi connectivity index (χ1n) is 7.24. The van der Waals surface area contributed by atoms with Crippen LogP contribution >= 0.6 is 27.3 Å². The lowest BCUT2D eigenvalue weighted by atomic mass is 10.2. The molecular weight excluding hydrogens is 414 g/mol. The van der Waals surface area contributed by atoms with Crippen LogP contribution in [0.1, 0.15) is 33.2 Å². The van der Waals surface area contributed by atoms with Gasteiger partial charge in [-0.25, -0.2) is 8.78 Å². The summed E-state index contributed by atoms with van der Waals surface area (Å²) in [5, 5.41) is 9.09. The van der Waals surface area contributed by atoms with E-state index >= 15 is 0 Å². The topological polar surface area (TPSA) is 59.8 Å². The highest BCUT2D eigenvalue weighted by atomic mass is 79.9. The molecule has 0 aliphatic rings. The predicted octanol–water partition coefficient (Wildman–Crippen LogP) is 4.90. The van der Waals surface area contributed by atoms with Crippen molar-refractivity contribution >= 4 is 38.3 Å². The summed E-state index contributed by atoms with van der Waals surface area (Å²) in [6.07, 6.45) is -2.70. The van der Waals surface area contributed by atoms with Gasteiger partial charge in [0.25, 0.3) is 12.3 Å². The molecule has 0 saturated heterocycles. The van der Waals surface area contributed by atoms with Crippen LogP contribution in [-0.4, -0.2) is 20.7 Å². The van der Waals surface area contributed by atoms with Gasteiger partial charge in [-0.2, -0.15) is 0 Å². The summed E-state index contributed by atoms with van der Waals surface area (Å²) in [5.74, 6) is -0.411. The van der Waals surface area contributed by atoms with Crippen molar-refractivity contribution in [3.05, 3.63) is 56.8 Å². The number of benzene rings is 1. The number of alkyl halides is 2. The predicted molar refractivity (Wildman–Crippen MR) is 95.8 cm³/mol. The van der Waals surface area contributed by atoms with Crippen LogP contribution in [0.15, 0.2) is 34.8 Å². The SMILES string of the molecule is Cc1cc(C(=O)Nc2nnc(C(F)F)s2)c(C)n1-c1cccc(Br)c1. The van der Waals surface area contributed by atoms with E-state index in [1.54, 1.807) is 6.07 Å². The monoisotopic (exact) mass is 426 g/mol. The van der Waals surface area contributed by atoms with Gasteiger partial charge >= 0.3 is 0 Å². The Hall–Kier alpha value is -2.13.